The average Bonchev–Trinajstić information content (AvgIpc) is 2.54. The number of aromatic nitrogens is 2. The molecule has 0 atom stereocenters. The zero-order valence-corrected chi connectivity index (χ0v) is 9.40. The summed E-state index contributed by atoms with van der Waals surface area (Å²) >= 11 is 0. The average molecular weight is 218 g/mol. The highest BCUT2D eigenvalue weighted by atomic mass is 16.4. The van der Waals surface area contributed by atoms with E-state index in [1.165, 1.54) is 0 Å². The topological polar surface area (TPSA) is 55.1 Å². The molecule has 4 nitrogen and oxygen atoms in total. The molecule has 1 aromatic heterocycles. The summed E-state index contributed by atoms with van der Waals surface area (Å²) in [6.07, 6.45) is 0.0496. The fourth-order valence-corrected chi connectivity index (χ4v) is 1.90. The van der Waals surface area contributed by atoms with Gasteiger partial charge in [0.15, 0.2) is 0 Å². The Labute approximate surface area is 93.5 Å². The van der Waals surface area contributed by atoms with E-state index in [1.54, 1.807) is 0 Å². The summed E-state index contributed by atoms with van der Waals surface area (Å²) in [6, 6.07) is 5.65. The summed E-state index contributed by atoms with van der Waals surface area (Å²) in [4.78, 5) is 10.6. The highest BCUT2D eigenvalue weighted by Crippen LogP contribution is 2.19. The van der Waals surface area contributed by atoms with Crippen LogP contribution in [0.2, 0.25) is 0 Å². The van der Waals surface area contributed by atoms with Gasteiger partial charge in [-0.05, 0) is 25.5 Å². The van der Waals surface area contributed by atoms with Gasteiger partial charge < -0.3 is 5.11 Å². The van der Waals surface area contributed by atoms with Crippen LogP contribution >= 0.6 is 0 Å². The van der Waals surface area contributed by atoms with Gasteiger partial charge in [0.25, 0.3) is 0 Å². The monoisotopic (exact) mass is 218 g/mol. The van der Waals surface area contributed by atoms with Gasteiger partial charge in [-0.2, -0.15) is 5.10 Å². The molecule has 0 radical (unpaired) electrons. The maximum absolute atomic E-state index is 10.6. The molecular weight excluding hydrogens is 204 g/mol. The van der Waals surface area contributed by atoms with Crippen molar-refractivity contribution in [3.63, 3.8) is 0 Å². The van der Waals surface area contributed by atoms with Crippen molar-refractivity contribution in [2.75, 3.05) is 0 Å². The molecule has 16 heavy (non-hydrogen) atoms. The first-order valence-corrected chi connectivity index (χ1v) is 5.29. The molecule has 1 N–H and O–H groups in total. The van der Waals surface area contributed by atoms with Crippen LogP contribution in [0.5, 0.6) is 0 Å². The van der Waals surface area contributed by atoms with Gasteiger partial charge in [0.1, 0.15) is 0 Å². The molecule has 1 aromatic carbocycles. The molecule has 2 aromatic rings. The number of nitrogens with zero attached hydrogens (tertiary/aromatic N) is 2. The molecule has 84 valence electrons. The number of carboxylic acid groups (broad SMARTS) is 1. The molecule has 0 spiro atoms. The molecule has 4 heteroatoms. The van der Waals surface area contributed by atoms with Crippen molar-refractivity contribution in [1.82, 2.24) is 9.78 Å². The Kier molecular flexibility index (Phi) is 2.64. The number of aliphatic carboxylic acids is 1. The second-order valence-electron chi connectivity index (χ2n) is 3.82. The van der Waals surface area contributed by atoms with Crippen molar-refractivity contribution in [3.8, 4) is 0 Å². The third-order valence-corrected chi connectivity index (χ3v) is 2.72. The smallest absolute Gasteiger partial charge is 0.307 e. The number of hydrogen-bond donors (Lipinski definition) is 1. The van der Waals surface area contributed by atoms with Gasteiger partial charge in [-0.15, -0.1) is 0 Å². The number of carbonyl (C=O) groups is 1. The molecule has 0 amide bonds. The van der Waals surface area contributed by atoms with Crippen molar-refractivity contribution >= 4 is 16.9 Å². The fraction of sp³-hybridized carbons (Fsp3) is 0.333. The van der Waals surface area contributed by atoms with Crippen LogP contribution in [0.15, 0.2) is 18.2 Å². The maximum Gasteiger partial charge on any atom is 0.307 e. The summed E-state index contributed by atoms with van der Waals surface area (Å²) < 4.78 is 1.93. The molecule has 0 aliphatic heterocycles. The van der Waals surface area contributed by atoms with Crippen LogP contribution in [0.25, 0.3) is 10.9 Å². The van der Waals surface area contributed by atoms with Gasteiger partial charge in [-0.25, -0.2) is 0 Å². The normalized spacial score (nSPS) is 10.9. The van der Waals surface area contributed by atoms with Crippen LogP contribution < -0.4 is 0 Å². The molecule has 0 aliphatic carbocycles. The van der Waals surface area contributed by atoms with E-state index in [0.29, 0.717) is 0 Å². The van der Waals surface area contributed by atoms with E-state index >= 15 is 0 Å². The number of rotatable bonds is 3. The summed E-state index contributed by atoms with van der Waals surface area (Å²) in [5.41, 5.74) is 2.79. The van der Waals surface area contributed by atoms with E-state index in [1.807, 2.05) is 36.7 Å². The first-order valence-electron chi connectivity index (χ1n) is 5.29. The SMILES string of the molecule is CCn1nc2cc(CC(=O)O)ccc2c1C. The first kappa shape index (κ1) is 10.7. The maximum atomic E-state index is 10.6. The lowest BCUT2D eigenvalue weighted by Crippen LogP contribution is -1.99. The van der Waals surface area contributed by atoms with Crippen LogP contribution in [-0.4, -0.2) is 20.9 Å². The Hall–Kier alpha value is -1.84. The van der Waals surface area contributed by atoms with Gasteiger partial charge in [0.2, 0.25) is 0 Å². The van der Waals surface area contributed by atoms with Gasteiger partial charge in [-0.1, -0.05) is 12.1 Å². The van der Waals surface area contributed by atoms with Gasteiger partial charge >= 0.3 is 5.97 Å². The van der Waals surface area contributed by atoms with Gasteiger partial charge in [0.05, 0.1) is 11.9 Å². The first-order chi connectivity index (χ1) is 7.61. The minimum absolute atomic E-state index is 0.0496. The van der Waals surface area contributed by atoms with Crippen molar-refractivity contribution in [1.29, 1.82) is 0 Å². The third-order valence-electron chi connectivity index (χ3n) is 2.72. The molecule has 1 heterocycles. The summed E-state index contributed by atoms with van der Waals surface area (Å²) in [5, 5.41) is 14.2. The van der Waals surface area contributed by atoms with E-state index in [4.69, 9.17) is 5.11 Å². The molecule has 0 saturated heterocycles. The largest absolute Gasteiger partial charge is 0.481 e. The molecule has 0 fully saturated rings. The third kappa shape index (κ3) is 1.78. The quantitative estimate of drug-likeness (QED) is 0.857. The minimum Gasteiger partial charge on any atom is -0.481 e. The van der Waals surface area contributed by atoms with E-state index in [-0.39, 0.29) is 6.42 Å². The number of fused-ring (bicyclic) bond motifs is 1. The van der Waals surface area contributed by atoms with Crippen molar-refractivity contribution in [3.05, 3.63) is 29.5 Å². The van der Waals surface area contributed by atoms with Gasteiger partial charge in [-0.3, -0.25) is 9.48 Å². The van der Waals surface area contributed by atoms with Crippen LogP contribution in [0.4, 0.5) is 0 Å². The molecule has 0 unspecified atom stereocenters. The summed E-state index contributed by atoms with van der Waals surface area (Å²) in [6.45, 7) is 4.89. The van der Waals surface area contributed by atoms with Crippen molar-refractivity contribution < 1.29 is 9.90 Å². The predicted molar refractivity (Wildman–Crippen MR) is 61.5 cm³/mol. The standard InChI is InChI=1S/C12H14N2O2/c1-3-14-8(2)10-5-4-9(7-12(15)16)6-11(10)13-14/h4-6H,3,7H2,1-2H3,(H,15,16). The lowest BCUT2D eigenvalue weighted by molar-refractivity contribution is -0.136. The van der Waals surface area contributed by atoms with E-state index in [0.717, 1.165) is 28.7 Å². The highest BCUT2D eigenvalue weighted by molar-refractivity contribution is 5.83. The van der Waals surface area contributed by atoms with E-state index in [2.05, 4.69) is 5.10 Å². The lowest BCUT2D eigenvalue weighted by atomic mass is 10.1. The van der Waals surface area contributed by atoms with E-state index < -0.39 is 5.97 Å². The summed E-state index contributed by atoms with van der Waals surface area (Å²) in [7, 11) is 0. The highest BCUT2D eigenvalue weighted by Gasteiger charge is 2.08. The lowest BCUT2D eigenvalue weighted by Gasteiger charge is -1.97. The molecule has 0 aliphatic rings. The number of benzene rings is 1. The predicted octanol–water partition coefficient (Wildman–Crippen LogP) is 1.99. The minimum atomic E-state index is -0.814. The number of aryl methyl sites for hydroxylation is 2. The molecular formula is C12H14N2O2. The number of hydrogen-bond acceptors (Lipinski definition) is 2. The zero-order chi connectivity index (χ0) is 11.7. The Balaban J connectivity index is 2.50. The molecule has 0 bridgehead atoms. The fourth-order valence-electron chi connectivity index (χ4n) is 1.90. The van der Waals surface area contributed by atoms with Crippen LogP contribution in [0, 0.1) is 6.92 Å². The Bertz CT molecular complexity index is 543. The second-order valence-corrected chi connectivity index (χ2v) is 3.82. The van der Waals surface area contributed by atoms with E-state index in [9.17, 15) is 4.79 Å². The Morgan fingerprint density at radius 2 is 2.25 bits per heavy atom. The second kappa shape index (κ2) is 3.96. The van der Waals surface area contributed by atoms with Gasteiger partial charge in [0, 0.05) is 17.6 Å². The van der Waals surface area contributed by atoms with Crippen molar-refractivity contribution in [2.45, 2.75) is 26.8 Å². The van der Waals surface area contributed by atoms with Crippen molar-refractivity contribution in [2.24, 2.45) is 0 Å². The van der Waals surface area contributed by atoms with Crippen LogP contribution in [-0.2, 0) is 17.8 Å². The molecule has 2 rings (SSSR count). The number of carboxylic acids is 1. The Morgan fingerprint density at radius 3 is 2.88 bits per heavy atom. The molecule has 0 saturated carbocycles. The van der Waals surface area contributed by atoms with Crippen LogP contribution in [0.1, 0.15) is 18.2 Å². The Morgan fingerprint density at radius 1 is 1.50 bits per heavy atom. The van der Waals surface area contributed by atoms with Crippen LogP contribution in [0.3, 0.4) is 0 Å². The zero-order valence-electron chi connectivity index (χ0n) is 9.40. The summed E-state index contributed by atoms with van der Waals surface area (Å²) in [5.74, 6) is -0.814.